The summed E-state index contributed by atoms with van der Waals surface area (Å²) in [5.74, 6) is 2.12. The van der Waals surface area contributed by atoms with Crippen LogP contribution in [-0.2, 0) is 9.59 Å². The molecule has 8 heterocycles. The fourth-order valence-electron chi connectivity index (χ4n) is 8.72. The molecule has 0 atom stereocenters. The van der Waals surface area contributed by atoms with Crippen molar-refractivity contribution >= 4 is 55.7 Å². The molecule has 280 valence electrons. The fourth-order valence-corrected chi connectivity index (χ4v) is 8.72. The van der Waals surface area contributed by atoms with E-state index in [2.05, 4.69) is 74.6 Å². The van der Waals surface area contributed by atoms with Gasteiger partial charge in [0.25, 0.3) is 0 Å². The van der Waals surface area contributed by atoms with Crippen LogP contribution in [0.25, 0.3) is 43.9 Å². The number of amides is 2. The van der Waals surface area contributed by atoms with Gasteiger partial charge in [-0.15, -0.1) is 0 Å². The van der Waals surface area contributed by atoms with E-state index >= 15 is 0 Å². The highest BCUT2D eigenvalue weighted by Gasteiger charge is 2.27. The van der Waals surface area contributed by atoms with E-state index in [9.17, 15) is 9.59 Å². The number of carbonyl (C=O) groups is 2. The minimum Gasteiger partial charge on any atom is -0.360 e. The molecule has 2 saturated heterocycles. The number of nitrogens with one attached hydrogen (secondary N) is 4. The van der Waals surface area contributed by atoms with Gasteiger partial charge in [0.1, 0.15) is 0 Å². The van der Waals surface area contributed by atoms with Gasteiger partial charge in [-0.05, 0) is 137 Å². The van der Waals surface area contributed by atoms with Gasteiger partial charge in [0.05, 0.1) is 36.5 Å². The fraction of sp³-hybridized carbons (Fsp3) is 0.476. The molecule has 0 unspecified atom stereocenters. The summed E-state index contributed by atoms with van der Waals surface area (Å²) in [7, 11) is 0. The van der Waals surface area contributed by atoms with Gasteiger partial charge in [-0.2, -0.15) is 0 Å². The van der Waals surface area contributed by atoms with Gasteiger partial charge in [-0.3, -0.25) is 19.4 Å². The lowest BCUT2D eigenvalue weighted by molar-refractivity contribution is -0.124. The maximum Gasteiger partial charge on any atom is 0.234 e. The van der Waals surface area contributed by atoms with E-state index in [0.717, 1.165) is 110 Å². The van der Waals surface area contributed by atoms with E-state index in [1.165, 1.54) is 41.2 Å². The molecular weight excluding hydrogens is 677 g/mol. The molecule has 2 amide bonds. The molecule has 6 aromatic rings. The number of piperidine rings is 2. The Bertz CT molecular complexity index is 2260. The standard InChI is InChI=1S/2C21H25N5O/c27-19(24-11-14-1-2-14)13-26-9-5-15(6-10-26)16-3-7-22-18-12-25-21-17(20(16)18)4-8-23-21;27-19(25-15-2-1-3-15)13-26-10-6-14(7-11-26)16-4-8-22-18-12-24-21-17(20(16)18)5-9-23-21/h3-4,7-8,12,14-15,22H,1-2,5-6,9-11,13H2,(H,24,27);4-5,8-9,12,14-15,22H,1-3,6-7,10-11,13H2,(H,25,27). The Kier molecular flexibility index (Phi) is 9.94. The first kappa shape index (κ1) is 34.8. The van der Waals surface area contributed by atoms with Crippen molar-refractivity contribution in [3.8, 4) is 0 Å². The third-order valence-electron chi connectivity index (χ3n) is 12.2. The molecule has 12 nitrogen and oxygen atoms in total. The molecule has 2 aliphatic heterocycles. The van der Waals surface area contributed by atoms with Gasteiger partial charge in [-0.25, -0.2) is 19.9 Å². The second-order valence-electron chi connectivity index (χ2n) is 15.9. The first-order valence-electron chi connectivity index (χ1n) is 20.0. The molecule has 6 aromatic heterocycles. The number of rotatable bonds is 9. The van der Waals surface area contributed by atoms with Crippen LogP contribution in [0.3, 0.4) is 0 Å². The number of hydrogen-bond donors (Lipinski definition) is 4. The Labute approximate surface area is 314 Å². The lowest BCUT2D eigenvalue weighted by Crippen LogP contribution is -2.46. The normalized spacial score (nSPS) is 19.2. The van der Waals surface area contributed by atoms with Gasteiger partial charge >= 0.3 is 0 Å². The molecule has 0 aromatic carbocycles. The van der Waals surface area contributed by atoms with E-state index in [1.54, 1.807) is 0 Å². The third kappa shape index (κ3) is 7.54. The van der Waals surface area contributed by atoms with Crippen molar-refractivity contribution in [1.29, 1.82) is 0 Å². The van der Waals surface area contributed by atoms with Crippen LogP contribution in [0.2, 0.25) is 0 Å². The Hall–Kier alpha value is -4.94. The zero-order valence-corrected chi connectivity index (χ0v) is 30.9. The Morgan fingerprint density at radius 3 is 1.65 bits per heavy atom. The first-order chi connectivity index (χ1) is 26.6. The van der Waals surface area contributed by atoms with E-state index in [4.69, 9.17) is 0 Å². The van der Waals surface area contributed by atoms with Crippen LogP contribution in [-0.4, -0.2) is 103 Å². The number of aromatic amines is 2. The van der Waals surface area contributed by atoms with Crippen LogP contribution in [0, 0.1) is 5.92 Å². The Morgan fingerprint density at radius 2 is 1.17 bits per heavy atom. The zero-order valence-electron chi connectivity index (χ0n) is 30.9. The molecule has 0 spiro atoms. The minimum atomic E-state index is 0.177. The second-order valence-corrected chi connectivity index (χ2v) is 15.9. The smallest absolute Gasteiger partial charge is 0.234 e. The van der Waals surface area contributed by atoms with Gasteiger partial charge in [0, 0.05) is 58.9 Å². The number of H-pyrrole nitrogens is 2. The molecule has 12 heteroatoms. The number of nitrogens with zero attached hydrogens (tertiary/aromatic N) is 6. The van der Waals surface area contributed by atoms with Crippen molar-refractivity contribution < 1.29 is 9.59 Å². The number of hydrogen-bond acceptors (Lipinski definition) is 8. The lowest BCUT2D eigenvalue weighted by atomic mass is 9.87. The molecule has 54 heavy (non-hydrogen) atoms. The summed E-state index contributed by atoms with van der Waals surface area (Å²) in [6, 6.07) is 8.95. The molecular formula is C42H50N10O2. The molecule has 4 fully saturated rings. The van der Waals surface area contributed by atoms with Crippen LogP contribution in [0.15, 0.2) is 61.4 Å². The van der Waals surface area contributed by atoms with E-state index in [-0.39, 0.29) is 11.8 Å². The Balaban J connectivity index is 0.000000142. The van der Waals surface area contributed by atoms with Gasteiger partial charge in [0.2, 0.25) is 11.8 Å². The van der Waals surface area contributed by atoms with Gasteiger partial charge < -0.3 is 20.6 Å². The average molecular weight is 727 g/mol. The number of likely N-dealkylation sites (tertiary alicyclic amines) is 2. The van der Waals surface area contributed by atoms with Crippen molar-refractivity contribution in [2.24, 2.45) is 5.92 Å². The van der Waals surface area contributed by atoms with Crippen LogP contribution >= 0.6 is 0 Å². The quantitative estimate of drug-likeness (QED) is 0.147. The minimum absolute atomic E-state index is 0.177. The van der Waals surface area contributed by atoms with E-state index in [0.29, 0.717) is 31.0 Å². The van der Waals surface area contributed by atoms with Crippen LogP contribution in [0.1, 0.15) is 80.8 Å². The average Bonchev–Trinajstić information content (AvgIpc) is 3.66. The van der Waals surface area contributed by atoms with Gasteiger partial charge in [-0.1, -0.05) is 0 Å². The molecule has 0 bridgehead atoms. The predicted molar refractivity (Wildman–Crippen MR) is 211 cm³/mol. The number of fused-ring (bicyclic) bond motifs is 6. The van der Waals surface area contributed by atoms with Crippen molar-refractivity contribution in [1.82, 2.24) is 50.3 Å². The molecule has 4 N–H and O–H groups in total. The van der Waals surface area contributed by atoms with Crippen molar-refractivity contribution in [2.45, 2.75) is 75.7 Å². The highest BCUT2D eigenvalue weighted by molar-refractivity contribution is 6.06. The zero-order chi connectivity index (χ0) is 36.4. The largest absolute Gasteiger partial charge is 0.360 e. The third-order valence-corrected chi connectivity index (χ3v) is 12.2. The van der Waals surface area contributed by atoms with Crippen LogP contribution in [0.5, 0.6) is 0 Å². The highest BCUT2D eigenvalue weighted by atomic mass is 16.2. The summed E-state index contributed by atoms with van der Waals surface area (Å²) in [6.45, 7) is 5.80. The lowest BCUT2D eigenvalue weighted by Gasteiger charge is -2.33. The summed E-state index contributed by atoms with van der Waals surface area (Å²) in [5, 5.41) is 11.0. The molecule has 4 aliphatic rings. The molecule has 10 rings (SSSR count). The molecule has 2 aliphatic carbocycles. The molecule has 2 saturated carbocycles. The summed E-state index contributed by atoms with van der Waals surface area (Å²) in [5.41, 5.74) is 6.51. The summed E-state index contributed by atoms with van der Waals surface area (Å²) >= 11 is 0. The number of carbonyl (C=O) groups excluding carboxylic acids is 2. The predicted octanol–water partition coefficient (Wildman–Crippen LogP) is 5.78. The van der Waals surface area contributed by atoms with Crippen molar-refractivity contribution in [3.05, 3.63) is 72.6 Å². The number of aromatic nitrogens is 6. The van der Waals surface area contributed by atoms with E-state index < -0.39 is 0 Å². The first-order valence-corrected chi connectivity index (χ1v) is 20.0. The van der Waals surface area contributed by atoms with Crippen molar-refractivity contribution in [2.75, 3.05) is 45.8 Å². The molecule has 0 radical (unpaired) electrons. The summed E-state index contributed by atoms with van der Waals surface area (Å²) in [6.07, 6.45) is 21.8. The summed E-state index contributed by atoms with van der Waals surface area (Å²) < 4.78 is 0. The monoisotopic (exact) mass is 726 g/mol. The highest BCUT2D eigenvalue weighted by Crippen LogP contribution is 2.37. The Morgan fingerprint density at radius 1 is 0.648 bits per heavy atom. The van der Waals surface area contributed by atoms with Crippen LogP contribution in [0.4, 0.5) is 0 Å². The summed E-state index contributed by atoms with van der Waals surface area (Å²) in [4.78, 5) is 53.1. The van der Waals surface area contributed by atoms with E-state index in [1.807, 2.05) is 37.2 Å². The topological polar surface area (TPSA) is 148 Å². The van der Waals surface area contributed by atoms with Crippen molar-refractivity contribution in [3.63, 3.8) is 0 Å². The van der Waals surface area contributed by atoms with Crippen LogP contribution < -0.4 is 10.6 Å². The maximum atomic E-state index is 12.2. The second kappa shape index (κ2) is 15.4. The number of pyridine rings is 4. The van der Waals surface area contributed by atoms with Gasteiger partial charge in [0.15, 0.2) is 11.3 Å². The maximum absolute atomic E-state index is 12.2. The SMILES string of the molecule is O=C(CN1CCC(c2cc[nH]c3cnc4nccc4c23)CC1)NC1CCC1.O=C(CN1CCC(c2cc[nH]c3cnc4nccc4c23)CC1)NCC1CC1.